The SMILES string of the molecule is CC(CNC(=O)C(C)c1ccccc1)CC(=O)O. The second-order valence-electron chi connectivity index (χ2n) is 4.58. The minimum absolute atomic E-state index is 0.0607. The lowest BCUT2D eigenvalue weighted by Gasteiger charge is -2.15. The van der Waals surface area contributed by atoms with Crippen molar-refractivity contribution in [2.24, 2.45) is 5.92 Å². The molecule has 18 heavy (non-hydrogen) atoms. The molecule has 0 saturated carbocycles. The molecule has 0 aliphatic rings. The number of carbonyl (C=O) groups is 2. The zero-order chi connectivity index (χ0) is 13.5. The minimum atomic E-state index is -0.840. The standard InChI is InChI=1S/C14H19NO3/c1-10(8-13(16)17)9-15-14(18)11(2)12-6-4-3-5-7-12/h3-7,10-11H,8-9H2,1-2H3,(H,15,18)(H,16,17). The molecule has 0 aliphatic carbocycles. The molecular weight excluding hydrogens is 230 g/mol. The van der Waals surface area contributed by atoms with Crippen LogP contribution in [0, 0.1) is 5.92 Å². The summed E-state index contributed by atoms with van der Waals surface area (Å²) in [7, 11) is 0. The highest BCUT2D eigenvalue weighted by Crippen LogP contribution is 2.14. The van der Waals surface area contributed by atoms with Gasteiger partial charge in [-0.1, -0.05) is 37.3 Å². The number of rotatable bonds is 6. The van der Waals surface area contributed by atoms with Crippen molar-refractivity contribution in [1.82, 2.24) is 5.32 Å². The van der Waals surface area contributed by atoms with Crippen molar-refractivity contribution in [2.75, 3.05) is 6.54 Å². The van der Waals surface area contributed by atoms with Crippen LogP contribution in [-0.4, -0.2) is 23.5 Å². The number of hydrogen-bond donors (Lipinski definition) is 2. The van der Waals surface area contributed by atoms with E-state index < -0.39 is 5.97 Å². The van der Waals surface area contributed by atoms with Crippen molar-refractivity contribution >= 4 is 11.9 Å². The van der Waals surface area contributed by atoms with Gasteiger partial charge in [0.15, 0.2) is 0 Å². The van der Waals surface area contributed by atoms with Gasteiger partial charge in [-0.05, 0) is 18.4 Å². The van der Waals surface area contributed by atoms with Gasteiger partial charge in [-0.25, -0.2) is 0 Å². The van der Waals surface area contributed by atoms with Crippen molar-refractivity contribution in [1.29, 1.82) is 0 Å². The van der Waals surface area contributed by atoms with E-state index in [2.05, 4.69) is 5.32 Å². The van der Waals surface area contributed by atoms with Crippen molar-refractivity contribution in [3.63, 3.8) is 0 Å². The van der Waals surface area contributed by atoms with E-state index in [-0.39, 0.29) is 24.2 Å². The van der Waals surface area contributed by atoms with Crippen LogP contribution in [0.2, 0.25) is 0 Å². The van der Waals surface area contributed by atoms with Gasteiger partial charge >= 0.3 is 5.97 Å². The Bertz CT molecular complexity index is 403. The van der Waals surface area contributed by atoms with Gasteiger partial charge in [0.25, 0.3) is 0 Å². The lowest BCUT2D eigenvalue weighted by atomic mass is 10.00. The first-order chi connectivity index (χ1) is 8.50. The van der Waals surface area contributed by atoms with Crippen molar-refractivity contribution in [3.8, 4) is 0 Å². The Morgan fingerprint density at radius 3 is 2.39 bits per heavy atom. The summed E-state index contributed by atoms with van der Waals surface area (Å²) in [5.41, 5.74) is 0.959. The molecule has 0 bridgehead atoms. The molecular formula is C14H19NO3. The Morgan fingerprint density at radius 1 is 1.22 bits per heavy atom. The lowest BCUT2D eigenvalue weighted by Crippen LogP contribution is -2.32. The number of carboxylic acids is 1. The third kappa shape index (κ3) is 4.57. The molecule has 2 unspecified atom stereocenters. The maximum atomic E-state index is 11.9. The van der Waals surface area contributed by atoms with Crippen LogP contribution in [-0.2, 0) is 9.59 Å². The van der Waals surface area contributed by atoms with E-state index in [9.17, 15) is 9.59 Å². The second kappa shape index (κ2) is 6.79. The van der Waals surface area contributed by atoms with Crippen LogP contribution in [0.1, 0.15) is 31.7 Å². The summed E-state index contributed by atoms with van der Waals surface area (Å²) in [4.78, 5) is 22.4. The largest absolute Gasteiger partial charge is 0.481 e. The van der Waals surface area contributed by atoms with Gasteiger partial charge in [0.1, 0.15) is 0 Å². The van der Waals surface area contributed by atoms with E-state index in [1.807, 2.05) is 44.2 Å². The van der Waals surface area contributed by atoms with E-state index in [1.54, 1.807) is 0 Å². The molecule has 0 aliphatic heterocycles. The van der Waals surface area contributed by atoms with Crippen LogP contribution in [0.5, 0.6) is 0 Å². The van der Waals surface area contributed by atoms with Crippen LogP contribution in [0.15, 0.2) is 30.3 Å². The molecule has 4 nitrogen and oxygen atoms in total. The van der Waals surface area contributed by atoms with Crippen LogP contribution in [0.4, 0.5) is 0 Å². The van der Waals surface area contributed by atoms with Crippen LogP contribution < -0.4 is 5.32 Å². The molecule has 0 heterocycles. The zero-order valence-electron chi connectivity index (χ0n) is 10.7. The Labute approximate surface area is 107 Å². The fraction of sp³-hybridized carbons (Fsp3) is 0.429. The summed E-state index contributed by atoms with van der Waals surface area (Å²) in [6.45, 7) is 4.04. The normalized spacial score (nSPS) is 13.7. The van der Waals surface area contributed by atoms with E-state index in [0.717, 1.165) is 5.56 Å². The topological polar surface area (TPSA) is 66.4 Å². The molecule has 4 heteroatoms. The van der Waals surface area contributed by atoms with Crippen LogP contribution >= 0.6 is 0 Å². The predicted molar refractivity (Wildman–Crippen MR) is 69.3 cm³/mol. The molecule has 0 spiro atoms. The second-order valence-corrected chi connectivity index (χ2v) is 4.58. The predicted octanol–water partition coefficient (Wildman–Crippen LogP) is 2.02. The molecule has 1 rings (SSSR count). The highest BCUT2D eigenvalue weighted by Gasteiger charge is 2.16. The number of hydrogen-bond acceptors (Lipinski definition) is 2. The molecule has 1 aromatic carbocycles. The smallest absolute Gasteiger partial charge is 0.303 e. The van der Waals surface area contributed by atoms with Gasteiger partial charge in [0, 0.05) is 13.0 Å². The Morgan fingerprint density at radius 2 is 1.83 bits per heavy atom. The minimum Gasteiger partial charge on any atom is -0.481 e. The highest BCUT2D eigenvalue weighted by atomic mass is 16.4. The summed E-state index contributed by atoms with van der Waals surface area (Å²) >= 11 is 0. The fourth-order valence-corrected chi connectivity index (χ4v) is 1.69. The highest BCUT2D eigenvalue weighted by molar-refractivity contribution is 5.83. The van der Waals surface area contributed by atoms with Gasteiger partial charge < -0.3 is 10.4 Å². The summed E-state index contributed by atoms with van der Waals surface area (Å²) in [6.07, 6.45) is 0.0694. The van der Waals surface area contributed by atoms with Gasteiger partial charge in [0.2, 0.25) is 5.91 Å². The van der Waals surface area contributed by atoms with E-state index in [4.69, 9.17) is 5.11 Å². The average Bonchev–Trinajstić information content (AvgIpc) is 2.35. The summed E-state index contributed by atoms with van der Waals surface area (Å²) < 4.78 is 0. The van der Waals surface area contributed by atoms with Crippen molar-refractivity contribution in [3.05, 3.63) is 35.9 Å². The Balaban J connectivity index is 2.44. The average molecular weight is 249 g/mol. The van der Waals surface area contributed by atoms with E-state index in [1.165, 1.54) is 0 Å². The van der Waals surface area contributed by atoms with Gasteiger partial charge in [-0.2, -0.15) is 0 Å². The van der Waals surface area contributed by atoms with E-state index >= 15 is 0 Å². The first-order valence-electron chi connectivity index (χ1n) is 6.05. The molecule has 1 aromatic rings. The molecule has 98 valence electrons. The fourth-order valence-electron chi connectivity index (χ4n) is 1.69. The third-order valence-corrected chi connectivity index (χ3v) is 2.84. The number of carboxylic acid groups (broad SMARTS) is 1. The first kappa shape index (κ1) is 14.2. The maximum absolute atomic E-state index is 11.9. The zero-order valence-corrected chi connectivity index (χ0v) is 10.7. The molecule has 0 aromatic heterocycles. The quantitative estimate of drug-likeness (QED) is 0.810. The molecule has 2 atom stereocenters. The molecule has 1 amide bonds. The van der Waals surface area contributed by atoms with Gasteiger partial charge in [-0.15, -0.1) is 0 Å². The van der Waals surface area contributed by atoms with Crippen molar-refractivity contribution in [2.45, 2.75) is 26.2 Å². The van der Waals surface area contributed by atoms with Crippen molar-refractivity contribution < 1.29 is 14.7 Å². The third-order valence-electron chi connectivity index (χ3n) is 2.84. The molecule has 0 fully saturated rings. The number of amides is 1. The summed E-state index contributed by atoms with van der Waals surface area (Å²) in [5.74, 6) is -1.19. The number of benzene rings is 1. The Kier molecular flexibility index (Phi) is 5.36. The van der Waals surface area contributed by atoms with Gasteiger partial charge in [-0.3, -0.25) is 9.59 Å². The summed E-state index contributed by atoms with van der Waals surface area (Å²) in [5, 5.41) is 11.4. The van der Waals surface area contributed by atoms with Gasteiger partial charge in [0.05, 0.1) is 5.92 Å². The molecule has 2 N–H and O–H groups in total. The number of carbonyl (C=O) groups excluding carboxylic acids is 1. The Hall–Kier alpha value is -1.84. The van der Waals surface area contributed by atoms with E-state index in [0.29, 0.717) is 6.54 Å². The monoisotopic (exact) mass is 249 g/mol. The van der Waals surface area contributed by atoms with Crippen LogP contribution in [0.3, 0.4) is 0 Å². The molecule has 0 saturated heterocycles. The molecule has 0 radical (unpaired) electrons. The first-order valence-corrected chi connectivity index (χ1v) is 6.05. The lowest BCUT2D eigenvalue weighted by molar-refractivity contribution is -0.138. The number of aliphatic carboxylic acids is 1. The summed E-state index contributed by atoms with van der Waals surface area (Å²) in [6, 6.07) is 9.51. The van der Waals surface area contributed by atoms with Crippen LogP contribution in [0.25, 0.3) is 0 Å². The maximum Gasteiger partial charge on any atom is 0.303 e. The number of nitrogens with one attached hydrogen (secondary N) is 1.